The number of carbonyl (C=O) groups is 2. The molecule has 0 bridgehead atoms. The fourth-order valence-electron chi connectivity index (χ4n) is 3.19. The molecule has 0 spiro atoms. The molecule has 1 N–H and O–H groups in total. The minimum absolute atomic E-state index is 0.0823. The van der Waals surface area contributed by atoms with Gasteiger partial charge in [0.25, 0.3) is 0 Å². The summed E-state index contributed by atoms with van der Waals surface area (Å²) in [6.45, 7) is 2.14. The quantitative estimate of drug-likeness (QED) is 0.860. The second kappa shape index (κ2) is 6.89. The fourth-order valence-corrected chi connectivity index (χ4v) is 3.19. The Bertz CT molecular complexity index is 695. The largest absolute Gasteiger partial charge is 0.463 e. The zero-order valence-electron chi connectivity index (χ0n) is 13.3. The van der Waals surface area contributed by atoms with Gasteiger partial charge in [0.05, 0.1) is 18.4 Å². The van der Waals surface area contributed by atoms with E-state index in [0.717, 1.165) is 31.2 Å². The highest BCUT2D eigenvalue weighted by Gasteiger charge is 2.22. The summed E-state index contributed by atoms with van der Waals surface area (Å²) in [5, 5.41) is 3.07. The first-order valence-electron chi connectivity index (χ1n) is 8.22. The summed E-state index contributed by atoms with van der Waals surface area (Å²) in [4.78, 5) is 24.5. The highest BCUT2D eigenvalue weighted by molar-refractivity contribution is 5.95. The topological polar surface area (TPSA) is 73.5 Å². The van der Waals surface area contributed by atoms with Gasteiger partial charge in [0.2, 0.25) is 5.91 Å². The van der Waals surface area contributed by atoms with Crippen molar-refractivity contribution >= 4 is 23.0 Å². The SMILES string of the molecule is CCOC(=O)c1cc2occc2n1CC(=O)NC1CCCCC1. The molecule has 2 aromatic rings. The van der Waals surface area contributed by atoms with Gasteiger partial charge in [-0.15, -0.1) is 0 Å². The Kier molecular flexibility index (Phi) is 4.69. The van der Waals surface area contributed by atoms with Gasteiger partial charge in [0.15, 0.2) is 5.58 Å². The summed E-state index contributed by atoms with van der Waals surface area (Å²) >= 11 is 0. The Morgan fingerprint density at radius 2 is 2.13 bits per heavy atom. The van der Waals surface area contributed by atoms with Crippen molar-refractivity contribution in [1.82, 2.24) is 9.88 Å². The van der Waals surface area contributed by atoms with Gasteiger partial charge in [-0.05, 0) is 19.8 Å². The van der Waals surface area contributed by atoms with Gasteiger partial charge in [0.1, 0.15) is 12.2 Å². The molecule has 0 saturated heterocycles. The van der Waals surface area contributed by atoms with Crippen LogP contribution in [0.4, 0.5) is 0 Å². The maximum Gasteiger partial charge on any atom is 0.355 e. The predicted octanol–water partition coefficient (Wildman–Crippen LogP) is 2.86. The molecular formula is C17H22N2O4. The Morgan fingerprint density at radius 3 is 2.87 bits per heavy atom. The van der Waals surface area contributed by atoms with Crippen LogP contribution >= 0.6 is 0 Å². The molecule has 6 heteroatoms. The Labute approximate surface area is 134 Å². The van der Waals surface area contributed by atoms with Crippen LogP contribution in [0.5, 0.6) is 0 Å². The number of hydrogen-bond acceptors (Lipinski definition) is 4. The molecule has 0 radical (unpaired) electrons. The second-order valence-corrected chi connectivity index (χ2v) is 5.91. The predicted molar refractivity (Wildman–Crippen MR) is 85.2 cm³/mol. The van der Waals surface area contributed by atoms with Crippen LogP contribution in [0.25, 0.3) is 11.1 Å². The van der Waals surface area contributed by atoms with Crippen molar-refractivity contribution in [2.75, 3.05) is 6.61 Å². The molecule has 0 unspecified atom stereocenters. The first kappa shape index (κ1) is 15.6. The number of ether oxygens (including phenoxy) is 1. The number of amides is 1. The van der Waals surface area contributed by atoms with E-state index in [2.05, 4.69) is 5.32 Å². The molecule has 6 nitrogen and oxygen atoms in total. The molecule has 0 aromatic carbocycles. The summed E-state index contributed by atoms with van der Waals surface area (Å²) in [7, 11) is 0. The van der Waals surface area contributed by atoms with Crippen molar-refractivity contribution in [3.8, 4) is 0 Å². The van der Waals surface area contributed by atoms with E-state index in [4.69, 9.17) is 9.15 Å². The van der Waals surface area contributed by atoms with Crippen LogP contribution in [-0.4, -0.2) is 29.1 Å². The third-order valence-electron chi connectivity index (χ3n) is 4.28. The average molecular weight is 318 g/mol. The third kappa shape index (κ3) is 3.41. The maximum absolute atomic E-state index is 12.4. The molecule has 0 atom stereocenters. The van der Waals surface area contributed by atoms with Gasteiger partial charge in [0, 0.05) is 18.2 Å². The molecule has 1 saturated carbocycles. The van der Waals surface area contributed by atoms with E-state index in [1.807, 2.05) is 0 Å². The number of aromatic nitrogens is 1. The number of hydrogen-bond donors (Lipinski definition) is 1. The van der Waals surface area contributed by atoms with E-state index < -0.39 is 5.97 Å². The van der Waals surface area contributed by atoms with Gasteiger partial charge < -0.3 is 19.0 Å². The number of fused-ring (bicyclic) bond motifs is 1. The molecule has 2 aromatic heterocycles. The zero-order valence-corrected chi connectivity index (χ0v) is 13.3. The van der Waals surface area contributed by atoms with Gasteiger partial charge in [-0.1, -0.05) is 19.3 Å². The Hall–Kier alpha value is -2.24. The van der Waals surface area contributed by atoms with E-state index in [1.54, 1.807) is 29.9 Å². The lowest BCUT2D eigenvalue weighted by atomic mass is 9.95. The smallest absolute Gasteiger partial charge is 0.355 e. The molecule has 3 rings (SSSR count). The normalized spacial score (nSPS) is 15.7. The Balaban J connectivity index is 1.77. The highest BCUT2D eigenvalue weighted by Crippen LogP contribution is 2.22. The molecule has 2 heterocycles. The molecule has 1 fully saturated rings. The fraction of sp³-hybridized carbons (Fsp3) is 0.529. The molecular weight excluding hydrogens is 296 g/mol. The lowest BCUT2D eigenvalue weighted by Crippen LogP contribution is -2.38. The summed E-state index contributed by atoms with van der Waals surface area (Å²) in [5.41, 5.74) is 1.66. The van der Waals surface area contributed by atoms with Crippen molar-refractivity contribution in [2.45, 2.75) is 51.6 Å². The summed E-state index contributed by atoms with van der Waals surface area (Å²) in [6, 6.07) is 3.63. The second-order valence-electron chi connectivity index (χ2n) is 5.91. The molecule has 1 aliphatic rings. The van der Waals surface area contributed by atoms with Crippen LogP contribution in [0.15, 0.2) is 22.8 Å². The number of nitrogens with zero attached hydrogens (tertiary/aromatic N) is 1. The van der Waals surface area contributed by atoms with Crippen LogP contribution in [0.2, 0.25) is 0 Å². The van der Waals surface area contributed by atoms with Crippen molar-refractivity contribution in [2.24, 2.45) is 0 Å². The van der Waals surface area contributed by atoms with Crippen LogP contribution < -0.4 is 5.32 Å². The highest BCUT2D eigenvalue weighted by atomic mass is 16.5. The minimum atomic E-state index is -0.440. The number of rotatable bonds is 5. The number of carbonyl (C=O) groups excluding carboxylic acids is 2. The average Bonchev–Trinajstić information content (AvgIpc) is 3.11. The molecule has 124 valence electrons. The summed E-state index contributed by atoms with van der Waals surface area (Å²) in [5.74, 6) is -0.523. The van der Waals surface area contributed by atoms with Crippen LogP contribution in [0.3, 0.4) is 0 Å². The van der Waals surface area contributed by atoms with E-state index >= 15 is 0 Å². The maximum atomic E-state index is 12.4. The van der Waals surface area contributed by atoms with Crippen molar-refractivity contribution in [3.05, 3.63) is 24.1 Å². The van der Waals surface area contributed by atoms with E-state index in [0.29, 0.717) is 17.9 Å². The van der Waals surface area contributed by atoms with Gasteiger partial charge in [-0.25, -0.2) is 4.79 Å². The summed E-state index contributed by atoms with van der Waals surface area (Å²) < 4.78 is 12.1. The van der Waals surface area contributed by atoms with E-state index in [-0.39, 0.29) is 18.5 Å². The first-order chi connectivity index (χ1) is 11.2. The number of esters is 1. The van der Waals surface area contributed by atoms with Gasteiger partial charge in [-0.3, -0.25) is 4.79 Å². The van der Waals surface area contributed by atoms with Crippen molar-refractivity contribution < 1.29 is 18.7 Å². The van der Waals surface area contributed by atoms with Gasteiger partial charge >= 0.3 is 5.97 Å². The molecule has 1 amide bonds. The van der Waals surface area contributed by atoms with Crippen molar-refractivity contribution in [3.63, 3.8) is 0 Å². The molecule has 23 heavy (non-hydrogen) atoms. The third-order valence-corrected chi connectivity index (χ3v) is 4.28. The number of nitrogens with one attached hydrogen (secondary N) is 1. The standard InChI is InChI=1S/C17H22N2O4/c1-2-22-17(21)14-10-15-13(8-9-23-15)19(14)11-16(20)18-12-6-4-3-5-7-12/h8-10,12H,2-7,11H2,1H3,(H,18,20). The van der Waals surface area contributed by atoms with E-state index in [9.17, 15) is 9.59 Å². The van der Waals surface area contributed by atoms with Crippen molar-refractivity contribution in [1.29, 1.82) is 0 Å². The lowest BCUT2D eigenvalue weighted by molar-refractivity contribution is -0.122. The number of furan rings is 1. The van der Waals surface area contributed by atoms with Crippen LogP contribution in [0, 0.1) is 0 Å². The summed E-state index contributed by atoms with van der Waals surface area (Å²) in [6.07, 6.45) is 7.18. The van der Waals surface area contributed by atoms with Crippen LogP contribution in [0.1, 0.15) is 49.5 Å². The Morgan fingerprint density at radius 1 is 1.35 bits per heavy atom. The first-order valence-corrected chi connectivity index (χ1v) is 8.22. The minimum Gasteiger partial charge on any atom is -0.463 e. The zero-order chi connectivity index (χ0) is 16.2. The van der Waals surface area contributed by atoms with Crippen LogP contribution in [-0.2, 0) is 16.1 Å². The molecule has 0 aliphatic heterocycles. The lowest BCUT2D eigenvalue weighted by Gasteiger charge is -2.23. The molecule has 1 aliphatic carbocycles. The monoisotopic (exact) mass is 318 g/mol. The van der Waals surface area contributed by atoms with Gasteiger partial charge in [-0.2, -0.15) is 0 Å². The van der Waals surface area contributed by atoms with E-state index in [1.165, 1.54) is 6.42 Å².